The van der Waals surface area contributed by atoms with E-state index in [0.29, 0.717) is 0 Å². The molecular weight excluding hydrogens is 246 g/mol. The maximum Gasteiger partial charge on any atom is 0.133 e. The van der Waals surface area contributed by atoms with Crippen molar-refractivity contribution in [3.05, 3.63) is 40.7 Å². The number of benzene rings is 1. The summed E-state index contributed by atoms with van der Waals surface area (Å²) in [5, 5.41) is 3.39. The highest BCUT2D eigenvalue weighted by molar-refractivity contribution is 5.71. The Bertz CT molecular complexity index is 618. The van der Waals surface area contributed by atoms with Gasteiger partial charge in [-0.1, -0.05) is 30.7 Å². The van der Waals surface area contributed by atoms with Crippen LogP contribution in [0.3, 0.4) is 0 Å². The summed E-state index contributed by atoms with van der Waals surface area (Å²) in [6.07, 6.45) is 1.08. The second kappa shape index (κ2) is 6.04. The van der Waals surface area contributed by atoms with Crippen LogP contribution in [0.15, 0.2) is 18.2 Å². The van der Waals surface area contributed by atoms with Gasteiger partial charge in [-0.05, 0) is 39.7 Å². The lowest BCUT2D eigenvalue weighted by Gasteiger charge is -2.14. The predicted octanol–water partition coefficient (Wildman–Crippen LogP) is 4.20. The van der Waals surface area contributed by atoms with E-state index in [2.05, 4.69) is 61.2 Å². The van der Waals surface area contributed by atoms with E-state index in [0.717, 1.165) is 35.9 Å². The zero-order chi connectivity index (χ0) is 14.7. The van der Waals surface area contributed by atoms with Gasteiger partial charge in [-0.25, -0.2) is 9.97 Å². The maximum absolute atomic E-state index is 4.65. The first kappa shape index (κ1) is 14.5. The lowest BCUT2D eigenvalue weighted by Crippen LogP contribution is -2.07. The normalized spacial score (nSPS) is 10.7. The molecule has 2 aromatic rings. The molecule has 0 radical (unpaired) electrons. The van der Waals surface area contributed by atoms with Crippen LogP contribution in [0.25, 0.3) is 11.3 Å². The van der Waals surface area contributed by atoms with Gasteiger partial charge < -0.3 is 5.32 Å². The monoisotopic (exact) mass is 269 g/mol. The van der Waals surface area contributed by atoms with Gasteiger partial charge in [0.15, 0.2) is 0 Å². The van der Waals surface area contributed by atoms with E-state index < -0.39 is 0 Å². The Morgan fingerprint density at radius 2 is 1.80 bits per heavy atom. The molecule has 0 unspecified atom stereocenters. The fourth-order valence-corrected chi connectivity index (χ4v) is 2.39. The molecule has 3 heteroatoms. The van der Waals surface area contributed by atoms with Crippen molar-refractivity contribution in [2.75, 3.05) is 11.9 Å². The van der Waals surface area contributed by atoms with E-state index in [1.165, 1.54) is 16.7 Å². The highest BCUT2D eigenvalue weighted by Crippen LogP contribution is 2.28. The van der Waals surface area contributed by atoms with Crippen molar-refractivity contribution in [1.29, 1.82) is 0 Å². The van der Waals surface area contributed by atoms with Crippen molar-refractivity contribution in [2.45, 2.75) is 41.0 Å². The number of hydrogen-bond acceptors (Lipinski definition) is 3. The van der Waals surface area contributed by atoms with Crippen LogP contribution in [0, 0.1) is 27.7 Å². The molecule has 106 valence electrons. The topological polar surface area (TPSA) is 37.8 Å². The minimum atomic E-state index is 0.809. The molecule has 0 atom stereocenters. The first-order chi connectivity index (χ1) is 9.52. The highest BCUT2D eigenvalue weighted by Gasteiger charge is 2.12. The zero-order valence-corrected chi connectivity index (χ0v) is 13.0. The Kier molecular flexibility index (Phi) is 4.38. The zero-order valence-electron chi connectivity index (χ0n) is 13.0. The van der Waals surface area contributed by atoms with Crippen LogP contribution in [0.4, 0.5) is 5.82 Å². The molecule has 3 nitrogen and oxygen atoms in total. The third-order valence-corrected chi connectivity index (χ3v) is 3.44. The smallest absolute Gasteiger partial charge is 0.133 e. The van der Waals surface area contributed by atoms with Crippen LogP contribution < -0.4 is 5.32 Å². The molecule has 0 aliphatic carbocycles. The second-order valence-electron chi connectivity index (χ2n) is 5.34. The fraction of sp³-hybridized carbons (Fsp3) is 0.412. The summed E-state index contributed by atoms with van der Waals surface area (Å²) >= 11 is 0. The standard InChI is InChI=1S/C17H23N3/c1-6-9-18-17-13(4)16(19-14(5)20-17)15-8-7-11(2)10-12(15)3/h7-8,10H,6,9H2,1-5H3,(H,18,19,20). The molecule has 0 saturated heterocycles. The van der Waals surface area contributed by atoms with Gasteiger partial charge in [0.1, 0.15) is 11.6 Å². The first-order valence-corrected chi connectivity index (χ1v) is 7.19. The van der Waals surface area contributed by atoms with Gasteiger partial charge in [0.05, 0.1) is 5.69 Å². The highest BCUT2D eigenvalue weighted by atomic mass is 15.0. The predicted molar refractivity (Wildman–Crippen MR) is 85.2 cm³/mol. The van der Waals surface area contributed by atoms with E-state index in [-0.39, 0.29) is 0 Å². The number of rotatable bonds is 4. The summed E-state index contributed by atoms with van der Waals surface area (Å²) in [4.78, 5) is 9.17. The quantitative estimate of drug-likeness (QED) is 0.904. The molecule has 0 bridgehead atoms. The van der Waals surface area contributed by atoms with E-state index in [1.807, 2.05) is 6.92 Å². The van der Waals surface area contributed by atoms with E-state index in [9.17, 15) is 0 Å². The number of aryl methyl sites for hydroxylation is 3. The lowest BCUT2D eigenvalue weighted by atomic mass is 10.00. The van der Waals surface area contributed by atoms with Gasteiger partial charge in [-0.2, -0.15) is 0 Å². The number of hydrogen-bond donors (Lipinski definition) is 1. The molecule has 0 saturated carbocycles. The minimum Gasteiger partial charge on any atom is -0.370 e. The molecule has 20 heavy (non-hydrogen) atoms. The van der Waals surface area contributed by atoms with Crippen LogP contribution >= 0.6 is 0 Å². The van der Waals surface area contributed by atoms with Crippen LogP contribution in [-0.2, 0) is 0 Å². The average molecular weight is 269 g/mol. The van der Waals surface area contributed by atoms with Crippen LogP contribution in [0.1, 0.15) is 35.9 Å². The average Bonchev–Trinajstić information content (AvgIpc) is 2.40. The molecule has 1 heterocycles. The molecule has 0 fully saturated rings. The van der Waals surface area contributed by atoms with E-state index in [4.69, 9.17) is 0 Å². The van der Waals surface area contributed by atoms with Crippen molar-refractivity contribution in [2.24, 2.45) is 0 Å². The SMILES string of the molecule is CCCNc1nc(C)nc(-c2ccc(C)cc2C)c1C. The Balaban J connectivity index is 2.53. The van der Waals surface area contributed by atoms with Crippen LogP contribution in [-0.4, -0.2) is 16.5 Å². The number of nitrogens with one attached hydrogen (secondary N) is 1. The molecule has 2 rings (SSSR count). The van der Waals surface area contributed by atoms with Gasteiger partial charge in [-0.15, -0.1) is 0 Å². The summed E-state index contributed by atoms with van der Waals surface area (Å²) in [6.45, 7) is 11.4. The molecule has 1 aromatic carbocycles. The third kappa shape index (κ3) is 2.98. The molecule has 0 amide bonds. The Labute approximate surface area is 121 Å². The van der Waals surface area contributed by atoms with Gasteiger partial charge >= 0.3 is 0 Å². The van der Waals surface area contributed by atoms with Gasteiger partial charge in [0.25, 0.3) is 0 Å². The van der Waals surface area contributed by atoms with E-state index in [1.54, 1.807) is 0 Å². The third-order valence-electron chi connectivity index (χ3n) is 3.44. The summed E-state index contributed by atoms with van der Waals surface area (Å²) < 4.78 is 0. The van der Waals surface area contributed by atoms with Crippen molar-refractivity contribution in [1.82, 2.24) is 9.97 Å². The van der Waals surface area contributed by atoms with Crippen molar-refractivity contribution in [3.63, 3.8) is 0 Å². The summed E-state index contributed by atoms with van der Waals surface area (Å²) in [6, 6.07) is 6.49. The van der Waals surface area contributed by atoms with Crippen molar-refractivity contribution in [3.8, 4) is 11.3 Å². The Hall–Kier alpha value is -1.90. The molecule has 1 aromatic heterocycles. The summed E-state index contributed by atoms with van der Waals surface area (Å²) in [5.74, 6) is 1.76. The van der Waals surface area contributed by atoms with E-state index >= 15 is 0 Å². The molecule has 0 aliphatic heterocycles. The minimum absolute atomic E-state index is 0.809. The first-order valence-electron chi connectivity index (χ1n) is 7.19. The Morgan fingerprint density at radius 3 is 2.45 bits per heavy atom. The summed E-state index contributed by atoms with van der Waals surface area (Å²) in [5.41, 5.74) is 5.88. The van der Waals surface area contributed by atoms with Gasteiger partial charge in [-0.3, -0.25) is 0 Å². The second-order valence-corrected chi connectivity index (χ2v) is 5.34. The molecule has 0 spiro atoms. The lowest BCUT2D eigenvalue weighted by molar-refractivity contribution is 0.947. The van der Waals surface area contributed by atoms with Crippen molar-refractivity contribution < 1.29 is 0 Å². The van der Waals surface area contributed by atoms with Crippen LogP contribution in [0.2, 0.25) is 0 Å². The fourth-order valence-electron chi connectivity index (χ4n) is 2.39. The van der Waals surface area contributed by atoms with Gasteiger partial charge in [0, 0.05) is 17.7 Å². The molecule has 1 N–H and O–H groups in total. The maximum atomic E-state index is 4.65. The number of aromatic nitrogens is 2. The van der Waals surface area contributed by atoms with Gasteiger partial charge in [0.2, 0.25) is 0 Å². The largest absolute Gasteiger partial charge is 0.370 e. The van der Waals surface area contributed by atoms with Crippen molar-refractivity contribution >= 4 is 5.82 Å². The number of nitrogens with zero attached hydrogens (tertiary/aromatic N) is 2. The Morgan fingerprint density at radius 1 is 1.05 bits per heavy atom. The number of anilines is 1. The molecule has 0 aliphatic rings. The summed E-state index contributed by atoms with van der Waals surface area (Å²) in [7, 11) is 0. The van der Waals surface area contributed by atoms with Crippen LogP contribution in [0.5, 0.6) is 0 Å². The molecular formula is C17H23N3.